The molecular weight excluding hydrogens is 330 g/mol. The van der Waals surface area contributed by atoms with Crippen LogP contribution in [-0.2, 0) is 12.5 Å². The molecule has 1 aromatic carbocycles. The van der Waals surface area contributed by atoms with E-state index in [2.05, 4.69) is 20.9 Å². The maximum Gasteiger partial charge on any atom is 0.175 e. The number of rotatable bonds is 5. The summed E-state index contributed by atoms with van der Waals surface area (Å²) < 4.78 is 11.9. The molecule has 2 aromatic rings. The molecule has 0 fully saturated rings. The van der Waals surface area contributed by atoms with E-state index in [-0.39, 0.29) is 0 Å². The molecule has 1 heterocycles. The van der Waals surface area contributed by atoms with Crippen molar-refractivity contribution in [3.8, 4) is 11.5 Å². The van der Waals surface area contributed by atoms with Crippen molar-refractivity contribution in [2.24, 2.45) is 0 Å². The van der Waals surface area contributed by atoms with Crippen LogP contribution in [0.25, 0.3) is 0 Å². The smallest absolute Gasteiger partial charge is 0.175 e. The molecule has 0 saturated carbocycles. The van der Waals surface area contributed by atoms with Crippen LogP contribution in [0.5, 0.6) is 11.5 Å². The van der Waals surface area contributed by atoms with Crippen molar-refractivity contribution >= 4 is 27.5 Å². The Morgan fingerprint density at radius 2 is 2.16 bits per heavy atom. The minimum Gasteiger partial charge on any atom is -0.493 e. The van der Waals surface area contributed by atoms with Gasteiger partial charge in [0.1, 0.15) is 6.61 Å². The predicted molar refractivity (Wildman–Crippen MR) is 78.8 cm³/mol. The van der Waals surface area contributed by atoms with Gasteiger partial charge in [-0.15, -0.1) is 11.6 Å². The van der Waals surface area contributed by atoms with Crippen LogP contribution < -0.4 is 9.47 Å². The molecule has 0 aliphatic carbocycles. The number of methoxy groups -OCH3 is 1. The molecule has 0 aliphatic rings. The molecule has 0 aliphatic heterocycles. The first-order valence-electron chi connectivity index (χ1n) is 5.69. The number of hydrogen-bond acceptors (Lipinski definition) is 3. The summed E-state index contributed by atoms with van der Waals surface area (Å²) >= 11 is 9.30. The van der Waals surface area contributed by atoms with Gasteiger partial charge in [-0.05, 0) is 45.8 Å². The van der Waals surface area contributed by atoms with Crippen molar-refractivity contribution < 1.29 is 9.47 Å². The zero-order valence-corrected chi connectivity index (χ0v) is 12.7. The van der Waals surface area contributed by atoms with Gasteiger partial charge < -0.3 is 9.47 Å². The number of benzene rings is 1. The fraction of sp³-hybridized carbons (Fsp3) is 0.214. The second-order valence-corrected chi connectivity index (χ2v) is 4.97. The molecule has 2 rings (SSSR count). The largest absolute Gasteiger partial charge is 0.493 e. The van der Waals surface area contributed by atoms with E-state index < -0.39 is 0 Å². The van der Waals surface area contributed by atoms with E-state index in [4.69, 9.17) is 21.1 Å². The van der Waals surface area contributed by atoms with Gasteiger partial charge in [-0.3, -0.25) is 4.98 Å². The number of ether oxygens (including phenoxy) is 2. The van der Waals surface area contributed by atoms with Crippen LogP contribution in [0.1, 0.15) is 11.3 Å². The molecule has 0 radical (unpaired) electrons. The van der Waals surface area contributed by atoms with Gasteiger partial charge in [0, 0.05) is 12.1 Å². The van der Waals surface area contributed by atoms with Gasteiger partial charge in [-0.25, -0.2) is 0 Å². The summed E-state index contributed by atoms with van der Waals surface area (Å²) in [6, 6.07) is 9.49. The fourth-order valence-electron chi connectivity index (χ4n) is 1.62. The van der Waals surface area contributed by atoms with Crippen LogP contribution in [0.2, 0.25) is 0 Å². The summed E-state index contributed by atoms with van der Waals surface area (Å²) in [5, 5.41) is 0. The van der Waals surface area contributed by atoms with Gasteiger partial charge in [0.25, 0.3) is 0 Å². The topological polar surface area (TPSA) is 31.4 Å². The summed E-state index contributed by atoms with van der Waals surface area (Å²) in [6.45, 7) is 0.385. The first-order chi connectivity index (χ1) is 9.24. The summed E-state index contributed by atoms with van der Waals surface area (Å²) in [5.74, 6) is 1.73. The maximum atomic E-state index is 5.83. The van der Waals surface area contributed by atoms with Crippen LogP contribution in [0.3, 0.4) is 0 Å². The van der Waals surface area contributed by atoms with E-state index in [0.717, 1.165) is 15.7 Å². The molecule has 0 unspecified atom stereocenters. The van der Waals surface area contributed by atoms with Gasteiger partial charge >= 0.3 is 0 Å². The van der Waals surface area contributed by atoms with Gasteiger partial charge in [0.2, 0.25) is 0 Å². The highest BCUT2D eigenvalue weighted by atomic mass is 79.9. The first kappa shape index (κ1) is 14.2. The summed E-state index contributed by atoms with van der Waals surface area (Å²) in [5.41, 5.74) is 1.83. The first-order valence-corrected chi connectivity index (χ1v) is 7.02. The highest BCUT2D eigenvalue weighted by Gasteiger charge is 2.11. The lowest BCUT2D eigenvalue weighted by Gasteiger charge is -2.13. The van der Waals surface area contributed by atoms with Crippen molar-refractivity contribution in [1.82, 2.24) is 4.98 Å². The van der Waals surface area contributed by atoms with E-state index in [1.165, 1.54) is 0 Å². The normalized spacial score (nSPS) is 10.3. The van der Waals surface area contributed by atoms with Crippen LogP contribution in [0.4, 0.5) is 0 Å². The third-order valence-electron chi connectivity index (χ3n) is 2.53. The van der Waals surface area contributed by atoms with Gasteiger partial charge in [0.15, 0.2) is 11.5 Å². The van der Waals surface area contributed by atoms with Gasteiger partial charge in [-0.1, -0.05) is 6.07 Å². The lowest BCUT2D eigenvalue weighted by atomic mass is 10.2. The fourth-order valence-corrected chi connectivity index (χ4v) is 2.38. The number of pyridine rings is 1. The standard InChI is InChI=1S/C14H13BrClNO2/c1-18-13-7-10(8-16)6-12(15)14(13)19-9-11-4-2-3-5-17-11/h2-7H,8-9H2,1H3. The van der Waals surface area contributed by atoms with E-state index in [1.807, 2.05) is 30.3 Å². The number of hydrogen-bond donors (Lipinski definition) is 0. The van der Waals surface area contributed by atoms with E-state index in [0.29, 0.717) is 24.0 Å². The molecule has 100 valence electrons. The third kappa shape index (κ3) is 3.61. The Balaban J connectivity index is 2.20. The van der Waals surface area contributed by atoms with Crippen LogP contribution in [-0.4, -0.2) is 12.1 Å². The molecule has 0 amide bonds. The monoisotopic (exact) mass is 341 g/mol. The van der Waals surface area contributed by atoms with Crippen LogP contribution in [0.15, 0.2) is 41.0 Å². The van der Waals surface area contributed by atoms with Crippen molar-refractivity contribution in [2.75, 3.05) is 7.11 Å². The Kier molecular flexibility index (Phi) is 5.05. The van der Waals surface area contributed by atoms with Crippen LogP contribution >= 0.6 is 27.5 Å². The summed E-state index contributed by atoms with van der Waals surface area (Å²) in [4.78, 5) is 4.21. The molecule has 0 saturated heterocycles. The molecule has 5 heteroatoms. The van der Waals surface area contributed by atoms with Gasteiger partial charge in [-0.2, -0.15) is 0 Å². The lowest BCUT2D eigenvalue weighted by molar-refractivity contribution is 0.278. The minimum atomic E-state index is 0.385. The van der Waals surface area contributed by atoms with E-state index in [9.17, 15) is 0 Å². The Labute approximate surface area is 125 Å². The molecule has 3 nitrogen and oxygen atoms in total. The second-order valence-electron chi connectivity index (χ2n) is 3.85. The minimum absolute atomic E-state index is 0.385. The second kappa shape index (κ2) is 6.78. The van der Waals surface area contributed by atoms with E-state index in [1.54, 1.807) is 13.3 Å². The summed E-state index contributed by atoms with van der Waals surface area (Å²) in [6.07, 6.45) is 1.74. The Morgan fingerprint density at radius 1 is 1.32 bits per heavy atom. The van der Waals surface area contributed by atoms with Crippen molar-refractivity contribution in [2.45, 2.75) is 12.5 Å². The molecule has 19 heavy (non-hydrogen) atoms. The molecule has 0 spiro atoms. The SMILES string of the molecule is COc1cc(CCl)cc(Br)c1OCc1ccccn1. The molecule has 0 bridgehead atoms. The number of aromatic nitrogens is 1. The zero-order chi connectivity index (χ0) is 13.7. The Morgan fingerprint density at radius 3 is 2.79 bits per heavy atom. The maximum absolute atomic E-state index is 5.83. The summed E-state index contributed by atoms with van der Waals surface area (Å²) in [7, 11) is 1.60. The number of nitrogens with zero attached hydrogens (tertiary/aromatic N) is 1. The molecule has 0 N–H and O–H groups in total. The Hall–Kier alpha value is -1.26. The van der Waals surface area contributed by atoms with E-state index >= 15 is 0 Å². The van der Waals surface area contributed by atoms with Gasteiger partial charge in [0.05, 0.1) is 17.3 Å². The van der Waals surface area contributed by atoms with Crippen molar-refractivity contribution in [3.05, 3.63) is 52.3 Å². The van der Waals surface area contributed by atoms with Crippen molar-refractivity contribution in [3.63, 3.8) is 0 Å². The Bertz CT molecular complexity index is 549. The molecule has 0 atom stereocenters. The molecule has 1 aromatic heterocycles. The highest BCUT2D eigenvalue weighted by Crippen LogP contribution is 2.37. The highest BCUT2D eigenvalue weighted by molar-refractivity contribution is 9.10. The van der Waals surface area contributed by atoms with Crippen LogP contribution in [0, 0.1) is 0 Å². The number of alkyl halides is 1. The average Bonchev–Trinajstić information content (AvgIpc) is 2.46. The quantitative estimate of drug-likeness (QED) is 0.764. The van der Waals surface area contributed by atoms with Crippen molar-refractivity contribution in [1.29, 1.82) is 0 Å². The lowest BCUT2D eigenvalue weighted by Crippen LogP contribution is -2.00. The average molecular weight is 343 g/mol. The predicted octanol–water partition coefficient (Wildman–Crippen LogP) is 4.17. The zero-order valence-electron chi connectivity index (χ0n) is 10.4. The third-order valence-corrected chi connectivity index (χ3v) is 3.43. The number of halogens is 2. The molecular formula is C14H13BrClNO2.